The first-order chi connectivity index (χ1) is 9.66. The Morgan fingerprint density at radius 2 is 1.95 bits per heavy atom. The summed E-state index contributed by atoms with van der Waals surface area (Å²) in [5.41, 5.74) is 4.20. The van der Waals surface area contributed by atoms with E-state index in [1.807, 2.05) is 0 Å². The van der Waals surface area contributed by atoms with E-state index in [-0.39, 0.29) is 0 Å². The minimum absolute atomic E-state index is 0.498. The van der Waals surface area contributed by atoms with Crippen LogP contribution < -0.4 is 0 Å². The Morgan fingerprint density at radius 1 is 1.20 bits per heavy atom. The number of rotatable bonds is 3. The van der Waals surface area contributed by atoms with E-state index >= 15 is 0 Å². The van der Waals surface area contributed by atoms with Gasteiger partial charge in [-0.05, 0) is 38.0 Å². The van der Waals surface area contributed by atoms with Gasteiger partial charge in [0.2, 0.25) is 0 Å². The third kappa shape index (κ3) is 2.48. The molecule has 0 unspecified atom stereocenters. The largest absolute Gasteiger partial charge is 0.379 e. The Balaban J connectivity index is 2.01. The molecule has 0 saturated carbocycles. The highest BCUT2D eigenvalue weighted by atomic mass is 16.5. The molecule has 1 aromatic heterocycles. The molecule has 0 aliphatic carbocycles. The maximum absolute atomic E-state index is 5.45. The number of aromatic nitrogens is 1. The van der Waals surface area contributed by atoms with Crippen LogP contribution in [0, 0.1) is 6.92 Å². The lowest BCUT2D eigenvalue weighted by atomic mass is 10.1. The standard InChI is InChI=1S/C17H24N2O/c1-13(2)19-12-15(11-18-7-9-20-10-8-18)17-14(3)5-4-6-16(17)19/h4-6,12-13H,7-11H2,1-3H3. The van der Waals surface area contributed by atoms with Gasteiger partial charge in [0.1, 0.15) is 0 Å². The van der Waals surface area contributed by atoms with Crippen molar-refractivity contribution < 1.29 is 4.74 Å². The Hall–Kier alpha value is -1.32. The summed E-state index contributed by atoms with van der Waals surface area (Å²) in [4.78, 5) is 2.50. The maximum atomic E-state index is 5.45. The predicted molar refractivity (Wildman–Crippen MR) is 83.2 cm³/mol. The second-order valence-corrected chi connectivity index (χ2v) is 6.01. The van der Waals surface area contributed by atoms with Gasteiger partial charge in [-0.15, -0.1) is 0 Å². The van der Waals surface area contributed by atoms with Gasteiger partial charge in [0, 0.05) is 42.8 Å². The normalized spacial score (nSPS) is 17.2. The van der Waals surface area contributed by atoms with Gasteiger partial charge in [-0.25, -0.2) is 0 Å². The van der Waals surface area contributed by atoms with Crippen molar-refractivity contribution in [2.24, 2.45) is 0 Å². The molecule has 3 heteroatoms. The molecule has 0 N–H and O–H groups in total. The van der Waals surface area contributed by atoms with Crippen molar-refractivity contribution in [1.82, 2.24) is 9.47 Å². The molecule has 1 aromatic carbocycles. The van der Waals surface area contributed by atoms with Crippen LogP contribution >= 0.6 is 0 Å². The molecule has 2 aromatic rings. The van der Waals surface area contributed by atoms with Crippen molar-refractivity contribution in [2.75, 3.05) is 26.3 Å². The summed E-state index contributed by atoms with van der Waals surface area (Å²) in [5, 5.41) is 1.44. The number of nitrogens with zero attached hydrogens (tertiary/aromatic N) is 2. The Labute approximate surface area is 121 Å². The average molecular weight is 272 g/mol. The minimum atomic E-state index is 0.498. The van der Waals surface area contributed by atoms with Crippen molar-refractivity contribution in [2.45, 2.75) is 33.4 Å². The van der Waals surface area contributed by atoms with E-state index in [1.165, 1.54) is 22.0 Å². The molecule has 2 heterocycles. The molecule has 0 spiro atoms. The van der Waals surface area contributed by atoms with Crippen molar-refractivity contribution >= 4 is 10.9 Å². The Kier molecular flexibility index (Phi) is 3.81. The number of fused-ring (bicyclic) bond motifs is 1. The van der Waals surface area contributed by atoms with Crippen LogP contribution in [0.25, 0.3) is 10.9 Å². The van der Waals surface area contributed by atoms with Gasteiger partial charge in [0.05, 0.1) is 13.2 Å². The van der Waals surface area contributed by atoms with Gasteiger partial charge in [-0.2, -0.15) is 0 Å². The number of ether oxygens (including phenoxy) is 1. The first-order valence-electron chi connectivity index (χ1n) is 7.56. The van der Waals surface area contributed by atoms with E-state index in [0.29, 0.717) is 6.04 Å². The highest BCUT2D eigenvalue weighted by Crippen LogP contribution is 2.28. The lowest BCUT2D eigenvalue weighted by Crippen LogP contribution is -2.35. The van der Waals surface area contributed by atoms with Gasteiger partial charge in [-0.1, -0.05) is 12.1 Å². The fourth-order valence-electron chi connectivity index (χ4n) is 3.13. The van der Waals surface area contributed by atoms with E-state index in [1.54, 1.807) is 0 Å². The van der Waals surface area contributed by atoms with Gasteiger partial charge in [-0.3, -0.25) is 4.90 Å². The van der Waals surface area contributed by atoms with Crippen molar-refractivity contribution in [1.29, 1.82) is 0 Å². The van der Waals surface area contributed by atoms with Crippen LogP contribution in [0.4, 0.5) is 0 Å². The number of hydrogen-bond donors (Lipinski definition) is 0. The lowest BCUT2D eigenvalue weighted by Gasteiger charge is -2.26. The Bertz CT molecular complexity index is 594. The molecular weight excluding hydrogens is 248 g/mol. The lowest BCUT2D eigenvalue weighted by molar-refractivity contribution is 0.0343. The summed E-state index contributed by atoms with van der Waals surface area (Å²) < 4.78 is 7.85. The van der Waals surface area contributed by atoms with Gasteiger partial charge in [0.15, 0.2) is 0 Å². The van der Waals surface area contributed by atoms with Crippen LogP contribution in [0.15, 0.2) is 24.4 Å². The molecule has 3 nitrogen and oxygen atoms in total. The SMILES string of the molecule is Cc1cccc2c1c(CN1CCOCC1)cn2C(C)C. The van der Waals surface area contributed by atoms with E-state index < -0.39 is 0 Å². The second kappa shape index (κ2) is 5.58. The predicted octanol–water partition coefficient (Wildman–Crippen LogP) is 3.36. The number of hydrogen-bond acceptors (Lipinski definition) is 2. The highest BCUT2D eigenvalue weighted by molar-refractivity contribution is 5.87. The summed E-state index contributed by atoms with van der Waals surface area (Å²) in [6.45, 7) is 11.6. The van der Waals surface area contributed by atoms with Crippen molar-refractivity contribution in [3.8, 4) is 0 Å². The molecule has 1 aliphatic rings. The minimum Gasteiger partial charge on any atom is -0.379 e. The molecular formula is C17H24N2O. The molecule has 0 amide bonds. The van der Waals surface area contributed by atoms with Gasteiger partial charge >= 0.3 is 0 Å². The molecule has 1 aliphatic heterocycles. The van der Waals surface area contributed by atoms with Crippen LogP contribution in [-0.4, -0.2) is 35.8 Å². The van der Waals surface area contributed by atoms with Crippen LogP contribution in [-0.2, 0) is 11.3 Å². The van der Waals surface area contributed by atoms with Crippen LogP contribution in [0.2, 0.25) is 0 Å². The van der Waals surface area contributed by atoms with Crippen LogP contribution in [0.3, 0.4) is 0 Å². The van der Waals surface area contributed by atoms with Gasteiger partial charge in [0.25, 0.3) is 0 Å². The Morgan fingerprint density at radius 3 is 2.65 bits per heavy atom. The summed E-state index contributed by atoms with van der Waals surface area (Å²) >= 11 is 0. The number of aryl methyl sites for hydroxylation is 1. The summed E-state index contributed by atoms with van der Waals surface area (Å²) in [5.74, 6) is 0. The van der Waals surface area contributed by atoms with E-state index in [0.717, 1.165) is 32.8 Å². The maximum Gasteiger partial charge on any atom is 0.0594 e. The zero-order valence-electron chi connectivity index (χ0n) is 12.7. The van der Waals surface area contributed by atoms with E-state index in [4.69, 9.17) is 4.74 Å². The fourth-order valence-corrected chi connectivity index (χ4v) is 3.13. The number of morpholine rings is 1. The monoisotopic (exact) mass is 272 g/mol. The summed E-state index contributed by atoms with van der Waals surface area (Å²) in [6, 6.07) is 7.12. The van der Waals surface area contributed by atoms with Crippen LogP contribution in [0.1, 0.15) is 31.0 Å². The summed E-state index contributed by atoms with van der Waals surface area (Å²) in [7, 11) is 0. The smallest absolute Gasteiger partial charge is 0.0594 e. The molecule has 1 saturated heterocycles. The van der Waals surface area contributed by atoms with Crippen molar-refractivity contribution in [3.63, 3.8) is 0 Å². The highest BCUT2D eigenvalue weighted by Gasteiger charge is 2.16. The molecule has 3 rings (SSSR count). The quantitative estimate of drug-likeness (QED) is 0.852. The molecule has 108 valence electrons. The average Bonchev–Trinajstić information content (AvgIpc) is 2.80. The van der Waals surface area contributed by atoms with E-state index in [9.17, 15) is 0 Å². The molecule has 20 heavy (non-hydrogen) atoms. The molecule has 0 bridgehead atoms. The van der Waals surface area contributed by atoms with Gasteiger partial charge < -0.3 is 9.30 Å². The van der Waals surface area contributed by atoms with E-state index in [2.05, 4.69) is 54.6 Å². The summed E-state index contributed by atoms with van der Waals surface area (Å²) in [6.07, 6.45) is 2.35. The number of benzene rings is 1. The van der Waals surface area contributed by atoms with Crippen LogP contribution in [0.5, 0.6) is 0 Å². The fraction of sp³-hybridized carbons (Fsp3) is 0.529. The third-order valence-electron chi connectivity index (χ3n) is 4.20. The zero-order valence-corrected chi connectivity index (χ0v) is 12.7. The van der Waals surface area contributed by atoms with Crippen molar-refractivity contribution in [3.05, 3.63) is 35.5 Å². The molecule has 1 fully saturated rings. The first-order valence-corrected chi connectivity index (χ1v) is 7.56. The molecule has 0 atom stereocenters. The first kappa shape index (κ1) is 13.7. The second-order valence-electron chi connectivity index (χ2n) is 6.01. The zero-order chi connectivity index (χ0) is 14.1. The topological polar surface area (TPSA) is 17.4 Å². The third-order valence-corrected chi connectivity index (χ3v) is 4.20. The molecule has 0 radical (unpaired) electrons.